The smallest absolute Gasteiger partial charge is 0.244 e. The van der Waals surface area contributed by atoms with E-state index in [4.69, 9.17) is 4.74 Å². The molecule has 1 unspecified atom stereocenters. The van der Waals surface area contributed by atoms with Crippen LogP contribution in [-0.4, -0.2) is 64.2 Å². The molecule has 9 heteroatoms. The third-order valence-corrected chi connectivity index (χ3v) is 6.15. The lowest BCUT2D eigenvalue weighted by Crippen LogP contribution is -2.51. The number of hydrogen-bond donors (Lipinski definition) is 1. The first-order valence-electron chi connectivity index (χ1n) is 10.4. The SMILES string of the molecule is CCOc1ccc(N(CC(=O)N(CCc2ccccc2)C(C)C(=O)NC)S(C)(=O)=O)cc1. The molecule has 0 aliphatic rings. The molecule has 0 saturated carbocycles. The molecule has 1 atom stereocenters. The van der Waals surface area contributed by atoms with E-state index in [2.05, 4.69) is 5.32 Å². The van der Waals surface area contributed by atoms with Crippen LogP contribution in [0.2, 0.25) is 0 Å². The third-order valence-electron chi connectivity index (χ3n) is 5.01. The monoisotopic (exact) mass is 461 g/mol. The lowest BCUT2D eigenvalue weighted by Gasteiger charge is -2.31. The Morgan fingerprint density at radius 1 is 1.06 bits per heavy atom. The van der Waals surface area contributed by atoms with Crippen LogP contribution in [0.15, 0.2) is 54.6 Å². The number of likely N-dealkylation sites (N-methyl/N-ethyl adjacent to an activating group) is 1. The van der Waals surface area contributed by atoms with Gasteiger partial charge in [0.25, 0.3) is 0 Å². The summed E-state index contributed by atoms with van der Waals surface area (Å²) in [6, 6.07) is 15.3. The second kappa shape index (κ2) is 11.5. The Balaban J connectivity index is 2.27. The number of carbonyl (C=O) groups is 2. The van der Waals surface area contributed by atoms with Crippen LogP contribution in [0.3, 0.4) is 0 Å². The zero-order valence-electron chi connectivity index (χ0n) is 18.9. The highest BCUT2D eigenvalue weighted by Gasteiger charge is 2.29. The van der Waals surface area contributed by atoms with Gasteiger partial charge < -0.3 is 15.0 Å². The van der Waals surface area contributed by atoms with Crippen molar-refractivity contribution < 1.29 is 22.7 Å². The Labute approximate surface area is 190 Å². The number of nitrogens with zero attached hydrogens (tertiary/aromatic N) is 2. The Bertz CT molecular complexity index is 994. The maximum Gasteiger partial charge on any atom is 0.244 e. The molecular formula is C23H31N3O5S. The molecule has 174 valence electrons. The van der Waals surface area contributed by atoms with Gasteiger partial charge in [0.1, 0.15) is 18.3 Å². The van der Waals surface area contributed by atoms with E-state index >= 15 is 0 Å². The van der Waals surface area contributed by atoms with Gasteiger partial charge in [-0.2, -0.15) is 0 Å². The van der Waals surface area contributed by atoms with E-state index in [9.17, 15) is 18.0 Å². The van der Waals surface area contributed by atoms with Crippen LogP contribution in [0.1, 0.15) is 19.4 Å². The topological polar surface area (TPSA) is 96.0 Å². The largest absolute Gasteiger partial charge is 0.494 e. The molecule has 2 amide bonds. The number of nitrogens with one attached hydrogen (secondary N) is 1. The molecule has 0 aromatic heterocycles. The molecular weight excluding hydrogens is 430 g/mol. The van der Waals surface area contributed by atoms with Crippen molar-refractivity contribution in [3.05, 3.63) is 60.2 Å². The number of hydrogen-bond acceptors (Lipinski definition) is 5. The van der Waals surface area contributed by atoms with Crippen molar-refractivity contribution in [1.29, 1.82) is 0 Å². The van der Waals surface area contributed by atoms with E-state index in [1.54, 1.807) is 31.2 Å². The highest BCUT2D eigenvalue weighted by Crippen LogP contribution is 2.22. The molecule has 0 radical (unpaired) electrons. The van der Waals surface area contributed by atoms with Crippen LogP contribution in [0.5, 0.6) is 5.75 Å². The summed E-state index contributed by atoms with van der Waals surface area (Å²) in [7, 11) is -2.24. The highest BCUT2D eigenvalue weighted by molar-refractivity contribution is 7.92. The van der Waals surface area contributed by atoms with Crippen molar-refractivity contribution in [2.75, 3.05) is 37.3 Å². The van der Waals surface area contributed by atoms with Crippen LogP contribution in [-0.2, 0) is 26.0 Å². The van der Waals surface area contributed by atoms with Gasteiger partial charge in [0, 0.05) is 13.6 Å². The number of sulfonamides is 1. The van der Waals surface area contributed by atoms with Gasteiger partial charge in [-0.25, -0.2) is 8.42 Å². The normalized spacial score (nSPS) is 12.0. The second-order valence-electron chi connectivity index (χ2n) is 7.31. The van der Waals surface area contributed by atoms with Gasteiger partial charge >= 0.3 is 0 Å². The van der Waals surface area contributed by atoms with Crippen molar-refractivity contribution >= 4 is 27.5 Å². The minimum Gasteiger partial charge on any atom is -0.494 e. The fourth-order valence-corrected chi connectivity index (χ4v) is 4.12. The minimum absolute atomic E-state index is 0.276. The molecule has 0 heterocycles. The molecule has 2 aromatic rings. The molecule has 0 bridgehead atoms. The summed E-state index contributed by atoms with van der Waals surface area (Å²) >= 11 is 0. The molecule has 2 aromatic carbocycles. The Morgan fingerprint density at radius 3 is 2.22 bits per heavy atom. The average Bonchev–Trinajstić information content (AvgIpc) is 2.77. The predicted molar refractivity (Wildman–Crippen MR) is 125 cm³/mol. The van der Waals surface area contributed by atoms with E-state index in [0.29, 0.717) is 24.5 Å². The van der Waals surface area contributed by atoms with Gasteiger partial charge in [-0.15, -0.1) is 0 Å². The number of ether oxygens (including phenoxy) is 1. The van der Waals surface area contributed by atoms with Gasteiger partial charge in [-0.1, -0.05) is 30.3 Å². The maximum atomic E-state index is 13.2. The summed E-state index contributed by atoms with van der Waals surface area (Å²) in [6.07, 6.45) is 1.59. The zero-order chi connectivity index (χ0) is 23.7. The molecule has 0 aliphatic heterocycles. The number of amides is 2. The second-order valence-corrected chi connectivity index (χ2v) is 9.22. The molecule has 0 fully saturated rings. The highest BCUT2D eigenvalue weighted by atomic mass is 32.2. The number of rotatable bonds is 11. The number of benzene rings is 2. The van der Waals surface area contributed by atoms with E-state index in [1.807, 2.05) is 37.3 Å². The van der Waals surface area contributed by atoms with Crippen LogP contribution in [0, 0.1) is 0 Å². The van der Waals surface area contributed by atoms with Gasteiger partial charge in [0.15, 0.2) is 0 Å². The predicted octanol–water partition coefficient (Wildman–Crippen LogP) is 2.06. The van der Waals surface area contributed by atoms with E-state index in [1.165, 1.54) is 11.9 Å². The first-order valence-corrected chi connectivity index (χ1v) is 12.3. The van der Waals surface area contributed by atoms with Crippen LogP contribution in [0.4, 0.5) is 5.69 Å². The molecule has 1 N–H and O–H groups in total. The van der Waals surface area contributed by atoms with E-state index < -0.39 is 28.5 Å². The summed E-state index contributed by atoms with van der Waals surface area (Å²) in [6.45, 7) is 3.83. The maximum absolute atomic E-state index is 13.2. The quantitative estimate of drug-likeness (QED) is 0.553. The molecule has 8 nitrogen and oxygen atoms in total. The minimum atomic E-state index is -3.75. The standard InChI is InChI=1S/C23H31N3O5S/c1-5-31-21-13-11-20(12-14-21)26(32(4,29)30)17-22(27)25(18(2)23(28)24-3)16-15-19-9-7-6-8-10-19/h6-14,18H,5,15-17H2,1-4H3,(H,24,28). The van der Waals surface area contributed by atoms with Gasteiger partial charge in [-0.3, -0.25) is 13.9 Å². The lowest BCUT2D eigenvalue weighted by molar-refractivity contribution is -0.138. The lowest BCUT2D eigenvalue weighted by atomic mass is 10.1. The van der Waals surface area contributed by atoms with Crippen molar-refractivity contribution in [2.45, 2.75) is 26.3 Å². The Morgan fingerprint density at radius 2 is 1.69 bits per heavy atom. The molecule has 0 aliphatic carbocycles. The number of anilines is 1. The first kappa shape index (κ1) is 25.2. The summed E-state index contributed by atoms with van der Waals surface area (Å²) in [5.74, 6) is -0.177. The third kappa shape index (κ3) is 6.98. The number of carbonyl (C=O) groups excluding carboxylic acids is 2. The Kier molecular flexibility index (Phi) is 9.07. The van der Waals surface area contributed by atoms with Crippen LogP contribution < -0.4 is 14.4 Å². The Hall–Kier alpha value is -3.07. The first-order chi connectivity index (χ1) is 15.2. The van der Waals surface area contributed by atoms with Crippen molar-refractivity contribution in [2.24, 2.45) is 0 Å². The van der Waals surface area contributed by atoms with Crippen molar-refractivity contribution in [1.82, 2.24) is 10.2 Å². The molecule has 0 saturated heterocycles. The van der Waals surface area contributed by atoms with E-state index in [-0.39, 0.29) is 12.5 Å². The average molecular weight is 462 g/mol. The van der Waals surface area contributed by atoms with Crippen molar-refractivity contribution in [3.63, 3.8) is 0 Å². The molecule has 0 spiro atoms. The van der Waals surface area contributed by atoms with Gasteiger partial charge in [0.05, 0.1) is 18.6 Å². The summed E-state index contributed by atoms with van der Waals surface area (Å²) < 4.78 is 31.4. The van der Waals surface area contributed by atoms with Gasteiger partial charge in [-0.05, 0) is 50.1 Å². The van der Waals surface area contributed by atoms with Gasteiger partial charge in [0.2, 0.25) is 21.8 Å². The van der Waals surface area contributed by atoms with Crippen LogP contribution in [0.25, 0.3) is 0 Å². The summed E-state index contributed by atoms with van der Waals surface area (Å²) in [5.41, 5.74) is 1.36. The van der Waals surface area contributed by atoms with Crippen molar-refractivity contribution in [3.8, 4) is 5.75 Å². The molecule has 2 rings (SSSR count). The molecule has 32 heavy (non-hydrogen) atoms. The summed E-state index contributed by atoms with van der Waals surface area (Å²) in [5, 5.41) is 2.55. The summed E-state index contributed by atoms with van der Waals surface area (Å²) in [4.78, 5) is 26.9. The fourth-order valence-electron chi connectivity index (χ4n) is 3.27. The van der Waals surface area contributed by atoms with Crippen LogP contribution >= 0.6 is 0 Å². The zero-order valence-corrected chi connectivity index (χ0v) is 19.8. The van der Waals surface area contributed by atoms with E-state index in [0.717, 1.165) is 16.1 Å². The fraction of sp³-hybridized carbons (Fsp3) is 0.391.